The van der Waals surface area contributed by atoms with E-state index in [0.29, 0.717) is 23.5 Å². The van der Waals surface area contributed by atoms with Crippen LogP contribution in [0.2, 0.25) is 0 Å². The Kier molecular flexibility index (Phi) is 3.72. The first-order valence-corrected chi connectivity index (χ1v) is 11.7. The van der Waals surface area contributed by atoms with E-state index >= 15 is 0 Å². The summed E-state index contributed by atoms with van der Waals surface area (Å²) in [5, 5.41) is 11.1. The number of nitrogen functional groups attached to an aromatic ring is 1. The molecule has 3 aromatic rings. The Bertz CT molecular complexity index is 1030. The van der Waals surface area contributed by atoms with Crippen LogP contribution in [0.3, 0.4) is 0 Å². The van der Waals surface area contributed by atoms with Gasteiger partial charge in [0.2, 0.25) is 0 Å². The summed E-state index contributed by atoms with van der Waals surface area (Å²) in [7, 11) is 0. The molecule has 6 rings (SSSR count). The van der Waals surface area contributed by atoms with E-state index in [0.717, 1.165) is 34.0 Å². The first-order valence-electron chi connectivity index (χ1n) is 9.92. The molecule has 140 valence electrons. The van der Waals surface area contributed by atoms with Crippen LogP contribution in [0.25, 0.3) is 10.2 Å². The number of nitrogens with zero attached hydrogens (tertiary/aromatic N) is 5. The standard InChI is InChI=1S/C19H22N6S2/c20-16-15-12-3-1-2-4-13(12)27-18(15)22-14(21-16)9-26-19-24-23-17(10-5-6-10)25(19)11-7-8-11/h10-11H,1-9H2,(H2,20,21,22). The molecule has 0 spiro atoms. The second-order valence-electron chi connectivity index (χ2n) is 7.92. The summed E-state index contributed by atoms with van der Waals surface area (Å²) in [4.78, 5) is 12.0. The van der Waals surface area contributed by atoms with Crippen molar-refractivity contribution < 1.29 is 0 Å². The molecule has 0 atom stereocenters. The molecule has 0 unspecified atom stereocenters. The lowest BCUT2D eigenvalue weighted by Gasteiger charge is -2.11. The van der Waals surface area contributed by atoms with E-state index in [-0.39, 0.29) is 0 Å². The monoisotopic (exact) mass is 398 g/mol. The Morgan fingerprint density at radius 3 is 2.74 bits per heavy atom. The number of thioether (sulfide) groups is 1. The van der Waals surface area contributed by atoms with Gasteiger partial charge in [0, 0.05) is 16.8 Å². The highest BCUT2D eigenvalue weighted by Crippen LogP contribution is 2.46. The van der Waals surface area contributed by atoms with Crippen molar-refractivity contribution >= 4 is 39.1 Å². The predicted molar refractivity (Wildman–Crippen MR) is 108 cm³/mol. The minimum Gasteiger partial charge on any atom is -0.383 e. The zero-order chi connectivity index (χ0) is 18.0. The van der Waals surface area contributed by atoms with Crippen LogP contribution in [0.1, 0.15) is 72.6 Å². The van der Waals surface area contributed by atoms with E-state index < -0.39 is 0 Å². The van der Waals surface area contributed by atoms with Crippen LogP contribution >= 0.6 is 23.1 Å². The third-order valence-electron chi connectivity index (χ3n) is 5.76. The van der Waals surface area contributed by atoms with Gasteiger partial charge in [-0.15, -0.1) is 21.5 Å². The van der Waals surface area contributed by atoms with Gasteiger partial charge >= 0.3 is 0 Å². The summed E-state index contributed by atoms with van der Waals surface area (Å²) < 4.78 is 2.38. The maximum atomic E-state index is 6.35. The van der Waals surface area contributed by atoms with Gasteiger partial charge in [-0.1, -0.05) is 11.8 Å². The molecule has 27 heavy (non-hydrogen) atoms. The second-order valence-corrected chi connectivity index (χ2v) is 9.95. The van der Waals surface area contributed by atoms with E-state index in [1.165, 1.54) is 54.8 Å². The summed E-state index contributed by atoms with van der Waals surface area (Å²) in [6.07, 6.45) is 9.82. The zero-order valence-electron chi connectivity index (χ0n) is 15.1. The largest absolute Gasteiger partial charge is 0.383 e. The van der Waals surface area contributed by atoms with Gasteiger partial charge in [-0.05, 0) is 56.9 Å². The smallest absolute Gasteiger partial charge is 0.191 e. The van der Waals surface area contributed by atoms with Gasteiger partial charge in [0.15, 0.2) is 5.16 Å². The molecule has 3 aliphatic carbocycles. The highest BCUT2D eigenvalue weighted by molar-refractivity contribution is 7.98. The van der Waals surface area contributed by atoms with Gasteiger partial charge in [-0.2, -0.15) is 0 Å². The molecule has 0 amide bonds. The molecule has 3 aliphatic rings. The van der Waals surface area contributed by atoms with Crippen LogP contribution in [0.4, 0.5) is 5.82 Å². The summed E-state index contributed by atoms with van der Waals surface area (Å²) in [6.45, 7) is 0. The fourth-order valence-corrected chi connectivity index (χ4v) is 6.26. The van der Waals surface area contributed by atoms with Crippen molar-refractivity contribution in [3.8, 4) is 0 Å². The Morgan fingerprint density at radius 1 is 1.07 bits per heavy atom. The van der Waals surface area contributed by atoms with E-state index in [1.807, 2.05) is 11.3 Å². The minimum atomic E-state index is 0.607. The summed E-state index contributed by atoms with van der Waals surface area (Å²) in [5.74, 6) is 3.98. The summed E-state index contributed by atoms with van der Waals surface area (Å²) in [6, 6.07) is 0.607. The Morgan fingerprint density at radius 2 is 1.93 bits per heavy atom. The van der Waals surface area contributed by atoms with Gasteiger partial charge in [0.1, 0.15) is 22.3 Å². The molecule has 3 heterocycles. The molecule has 2 fully saturated rings. The SMILES string of the molecule is Nc1nc(CSc2nnc(C3CC3)n2C2CC2)nc2sc3c(c12)CCCC3. The third kappa shape index (κ3) is 2.84. The van der Waals surface area contributed by atoms with Crippen molar-refractivity contribution in [1.29, 1.82) is 0 Å². The Labute approximate surface area is 166 Å². The van der Waals surface area contributed by atoms with Crippen molar-refractivity contribution in [1.82, 2.24) is 24.7 Å². The lowest BCUT2D eigenvalue weighted by Crippen LogP contribution is -2.04. The first kappa shape index (κ1) is 16.3. The number of fused-ring (bicyclic) bond motifs is 3. The van der Waals surface area contributed by atoms with Crippen molar-refractivity contribution in [2.24, 2.45) is 0 Å². The minimum absolute atomic E-state index is 0.607. The number of hydrogen-bond acceptors (Lipinski definition) is 7. The van der Waals surface area contributed by atoms with Crippen molar-refractivity contribution in [3.05, 3.63) is 22.1 Å². The summed E-state index contributed by atoms with van der Waals surface area (Å²) >= 11 is 3.51. The molecule has 0 bridgehead atoms. The topological polar surface area (TPSA) is 82.5 Å². The maximum Gasteiger partial charge on any atom is 0.191 e. The molecular weight excluding hydrogens is 376 g/mol. The molecule has 2 saturated carbocycles. The number of thiophene rings is 1. The van der Waals surface area contributed by atoms with Crippen LogP contribution in [0, 0.1) is 0 Å². The van der Waals surface area contributed by atoms with Crippen LogP contribution < -0.4 is 5.73 Å². The first-order chi connectivity index (χ1) is 13.3. The van der Waals surface area contributed by atoms with E-state index in [1.54, 1.807) is 11.8 Å². The van der Waals surface area contributed by atoms with Gasteiger partial charge in [0.05, 0.1) is 11.1 Å². The molecular formula is C19H22N6S2. The molecule has 0 radical (unpaired) electrons. The summed E-state index contributed by atoms with van der Waals surface area (Å²) in [5.41, 5.74) is 7.75. The van der Waals surface area contributed by atoms with Crippen molar-refractivity contribution in [3.63, 3.8) is 0 Å². The lowest BCUT2D eigenvalue weighted by molar-refractivity contribution is 0.626. The Balaban J connectivity index is 1.29. The van der Waals surface area contributed by atoms with Gasteiger partial charge in [0.25, 0.3) is 0 Å². The third-order valence-corrected chi connectivity index (χ3v) is 7.89. The van der Waals surface area contributed by atoms with Crippen LogP contribution in [-0.4, -0.2) is 24.7 Å². The normalized spacial score (nSPS) is 19.6. The molecule has 6 nitrogen and oxygen atoms in total. The molecule has 0 saturated heterocycles. The van der Waals surface area contributed by atoms with Crippen LogP contribution in [-0.2, 0) is 18.6 Å². The number of aryl methyl sites for hydroxylation is 2. The van der Waals surface area contributed by atoms with Crippen molar-refractivity contribution in [2.75, 3.05) is 5.73 Å². The average Bonchev–Trinajstić information content (AvgIpc) is 3.60. The average molecular weight is 399 g/mol. The van der Waals surface area contributed by atoms with Crippen LogP contribution in [0.5, 0.6) is 0 Å². The quantitative estimate of drug-likeness (QED) is 0.647. The predicted octanol–water partition coefficient (Wildman–Crippen LogP) is 4.25. The van der Waals surface area contributed by atoms with E-state index in [2.05, 4.69) is 19.7 Å². The molecule has 2 N–H and O–H groups in total. The highest BCUT2D eigenvalue weighted by Gasteiger charge is 2.36. The molecule has 0 aliphatic heterocycles. The van der Waals surface area contributed by atoms with E-state index in [4.69, 9.17) is 10.7 Å². The van der Waals surface area contributed by atoms with Crippen LogP contribution in [0.15, 0.2) is 5.16 Å². The lowest BCUT2D eigenvalue weighted by atomic mass is 9.97. The fourth-order valence-electron chi connectivity index (χ4n) is 4.11. The molecule has 3 aromatic heterocycles. The molecule has 8 heteroatoms. The number of rotatable bonds is 5. The highest BCUT2D eigenvalue weighted by atomic mass is 32.2. The van der Waals surface area contributed by atoms with Gasteiger partial charge in [-0.3, -0.25) is 0 Å². The zero-order valence-corrected chi connectivity index (χ0v) is 16.8. The van der Waals surface area contributed by atoms with Gasteiger partial charge in [-0.25, -0.2) is 9.97 Å². The number of nitrogens with two attached hydrogens (primary N) is 1. The van der Waals surface area contributed by atoms with Gasteiger partial charge < -0.3 is 10.3 Å². The number of anilines is 1. The van der Waals surface area contributed by atoms with E-state index in [9.17, 15) is 0 Å². The Hall–Kier alpha value is -1.67. The molecule has 0 aromatic carbocycles. The maximum absolute atomic E-state index is 6.35. The number of aromatic nitrogens is 5. The van der Waals surface area contributed by atoms with Crippen molar-refractivity contribution in [2.45, 2.75) is 74.2 Å². The second kappa shape index (κ2) is 6.17. The number of hydrogen-bond donors (Lipinski definition) is 1. The fraction of sp³-hybridized carbons (Fsp3) is 0.579.